The topological polar surface area (TPSA) is 106 Å². The minimum absolute atomic E-state index is 0.125. The van der Waals surface area contributed by atoms with Crippen LogP contribution in [0.4, 0.5) is 11.6 Å². The Morgan fingerprint density at radius 2 is 2.00 bits per heavy atom. The summed E-state index contributed by atoms with van der Waals surface area (Å²) < 4.78 is 4.91. The van der Waals surface area contributed by atoms with Crippen LogP contribution in [0.1, 0.15) is 34.5 Å². The minimum Gasteiger partial charge on any atom is -0.395 e. The largest absolute Gasteiger partial charge is 0.433 e. The summed E-state index contributed by atoms with van der Waals surface area (Å²) >= 11 is 0. The molecule has 1 aliphatic carbocycles. The number of benzene rings is 1. The SMILES string of the molecule is O=C(Nc1ccc2c(c1)CN(C(=O)C1CC1)CC2)c1ccc([N+](=O)[O-])o1. The van der Waals surface area contributed by atoms with E-state index in [4.69, 9.17) is 4.42 Å². The van der Waals surface area contributed by atoms with Crippen LogP contribution in [0.2, 0.25) is 0 Å². The van der Waals surface area contributed by atoms with Crippen LogP contribution >= 0.6 is 0 Å². The van der Waals surface area contributed by atoms with E-state index in [9.17, 15) is 19.7 Å². The summed E-state index contributed by atoms with van der Waals surface area (Å²) in [5.41, 5.74) is 2.73. The number of nitrogens with zero attached hydrogens (tertiary/aromatic N) is 2. The van der Waals surface area contributed by atoms with Gasteiger partial charge in [0.05, 0.1) is 6.07 Å². The number of rotatable bonds is 4. The van der Waals surface area contributed by atoms with Crippen molar-refractivity contribution < 1.29 is 18.9 Å². The number of nitro groups is 1. The summed E-state index contributed by atoms with van der Waals surface area (Å²) in [7, 11) is 0. The fraction of sp³-hybridized carbons (Fsp3) is 0.333. The second-order valence-electron chi connectivity index (χ2n) is 6.62. The first-order valence-electron chi connectivity index (χ1n) is 8.47. The Hall–Kier alpha value is -3.16. The number of amides is 2. The highest BCUT2D eigenvalue weighted by atomic mass is 16.6. The second kappa shape index (κ2) is 6.29. The van der Waals surface area contributed by atoms with E-state index in [1.54, 1.807) is 6.07 Å². The average molecular weight is 355 g/mol. The summed E-state index contributed by atoms with van der Waals surface area (Å²) in [5, 5.41) is 13.3. The molecule has 0 bridgehead atoms. The predicted octanol–water partition coefficient (Wildman–Crippen LogP) is 2.73. The molecule has 1 aromatic carbocycles. The number of fused-ring (bicyclic) bond motifs is 1. The Morgan fingerprint density at radius 3 is 2.69 bits per heavy atom. The third kappa shape index (κ3) is 3.17. The first-order valence-corrected chi connectivity index (χ1v) is 8.47. The van der Waals surface area contributed by atoms with Gasteiger partial charge >= 0.3 is 5.88 Å². The maximum Gasteiger partial charge on any atom is 0.433 e. The number of furan rings is 1. The van der Waals surface area contributed by atoms with E-state index in [2.05, 4.69) is 5.32 Å². The lowest BCUT2D eigenvalue weighted by atomic mass is 9.98. The first-order chi connectivity index (χ1) is 12.5. The van der Waals surface area contributed by atoms with E-state index in [1.165, 1.54) is 6.07 Å². The zero-order chi connectivity index (χ0) is 18.3. The van der Waals surface area contributed by atoms with Crippen molar-refractivity contribution in [1.82, 2.24) is 4.90 Å². The van der Waals surface area contributed by atoms with Gasteiger partial charge in [0, 0.05) is 24.7 Å². The highest BCUT2D eigenvalue weighted by Gasteiger charge is 2.34. The van der Waals surface area contributed by atoms with Gasteiger partial charge in [0.15, 0.2) is 5.76 Å². The van der Waals surface area contributed by atoms with Gasteiger partial charge in [0.2, 0.25) is 5.91 Å². The van der Waals surface area contributed by atoms with Crippen LogP contribution in [-0.2, 0) is 17.8 Å². The molecule has 0 spiro atoms. The Kier molecular flexibility index (Phi) is 3.95. The Labute approximate surface area is 148 Å². The maximum atomic E-state index is 12.3. The van der Waals surface area contributed by atoms with Crippen LogP contribution in [0.5, 0.6) is 0 Å². The third-order valence-electron chi connectivity index (χ3n) is 4.71. The molecule has 0 radical (unpaired) electrons. The van der Waals surface area contributed by atoms with Crippen molar-refractivity contribution in [2.75, 3.05) is 11.9 Å². The van der Waals surface area contributed by atoms with Crippen LogP contribution in [0.25, 0.3) is 0 Å². The molecule has 1 aliphatic heterocycles. The molecular formula is C18H17N3O5. The van der Waals surface area contributed by atoms with Gasteiger partial charge in [0.1, 0.15) is 4.92 Å². The number of hydrogen-bond donors (Lipinski definition) is 1. The highest BCUT2D eigenvalue weighted by molar-refractivity contribution is 6.02. The quantitative estimate of drug-likeness (QED) is 0.670. The van der Waals surface area contributed by atoms with E-state index in [-0.39, 0.29) is 17.6 Å². The van der Waals surface area contributed by atoms with Gasteiger partial charge in [-0.15, -0.1) is 0 Å². The molecule has 0 unspecified atom stereocenters. The van der Waals surface area contributed by atoms with Gasteiger partial charge in [0.25, 0.3) is 5.91 Å². The van der Waals surface area contributed by atoms with E-state index >= 15 is 0 Å². The summed E-state index contributed by atoms with van der Waals surface area (Å²) in [6, 6.07) is 7.98. The van der Waals surface area contributed by atoms with Gasteiger partial charge in [-0.2, -0.15) is 0 Å². The molecule has 0 saturated heterocycles. The van der Waals surface area contributed by atoms with Crippen LogP contribution < -0.4 is 5.32 Å². The second-order valence-corrected chi connectivity index (χ2v) is 6.62. The zero-order valence-corrected chi connectivity index (χ0v) is 13.9. The van der Waals surface area contributed by atoms with Crippen LogP contribution in [0.15, 0.2) is 34.7 Å². The molecule has 2 aliphatic rings. The lowest BCUT2D eigenvalue weighted by Crippen LogP contribution is -2.36. The van der Waals surface area contributed by atoms with Gasteiger partial charge in [-0.05, 0) is 48.6 Å². The number of hydrogen-bond acceptors (Lipinski definition) is 5. The van der Waals surface area contributed by atoms with Crippen molar-refractivity contribution in [3.8, 4) is 0 Å². The lowest BCUT2D eigenvalue weighted by Gasteiger charge is -2.29. The van der Waals surface area contributed by atoms with E-state index in [0.29, 0.717) is 12.2 Å². The normalized spacial score (nSPS) is 16.1. The molecule has 2 aromatic rings. The monoisotopic (exact) mass is 355 g/mol. The molecule has 8 heteroatoms. The molecular weight excluding hydrogens is 338 g/mol. The molecule has 1 fully saturated rings. The molecule has 4 rings (SSSR count). The molecule has 1 aromatic heterocycles. The minimum atomic E-state index is -0.693. The number of carbonyl (C=O) groups is 2. The molecule has 1 saturated carbocycles. The van der Waals surface area contributed by atoms with Crippen LogP contribution in [-0.4, -0.2) is 28.2 Å². The van der Waals surface area contributed by atoms with Gasteiger partial charge < -0.3 is 14.6 Å². The van der Waals surface area contributed by atoms with E-state index in [1.807, 2.05) is 17.0 Å². The summed E-state index contributed by atoms with van der Waals surface area (Å²) in [6.45, 7) is 1.27. The average Bonchev–Trinajstić information content (AvgIpc) is 3.35. The fourth-order valence-corrected chi connectivity index (χ4v) is 3.15. The molecule has 2 heterocycles. The molecule has 8 nitrogen and oxygen atoms in total. The van der Waals surface area contributed by atoms with E-state index < -0.39 is 16.7 Å². The van der Waals surface area contributed by atoms with Crippen molar-refractivity contribution in [3.05, 3.63) is 57.3 Å². The van der Waals surface area contributed by atoms with Crippen molar-refractivity contribution in [3.63, 3.8) is 0 Å². The van der Waals surface area contributed by atoms with Gasteiger partial charge in [-0.3, -0.25) is 19.7 Å². The Balaban J connectivity index is 1.48. The molecule has 1 N–H and O–H groups in total. The molecule has 134 valence electrons. The van der Waals surface area contributed by atoms with Gasteiger partial charge in [-0.1, -0.05) is 6.07 Å². The Morgan fingerprint density at radius 1 is 1.19 bits per heavy atom. The molecule has 2 amide bonds. The Bertz CT molecular complexity index is 900. The summed E-state index contributed by atoms with van der Waals surface area (Å²) in [5.74, 6) is -0.753. The molecule has 26 heavy (non-hydrogen) atoms. The van der Waals surface area contributed by atoms with Crippen LogP contribution in [0.3, 0.4) is 0 Å². The summed E-state index contributed by atoms with van der Waals surface area (Å²) in [4.78, 5) is 36.3. The number of carbonyl (C=O) groups excluding carboxylic acids is 2. The van der Waals surface area contributed by atoms with Crippen molar-refractivity contribution in [2.45, 2.75) is 25.8 Å². The lowest BCUT2D eigenvalue weighted by molar-refractivity contribution is -0.402. The zero-order valence-electron chi connectivity index (χ0n) is 13.9. The van der Waals surface area contributed by atoms with Gasteiger partial charge in [-0.25, -0.2) is 0 Å². The highest BCUT2D eigenvalue weighted by Crippen LogP contribution is 2.33. The van der Waals surface area contributed by atoms with E-state index in [0.717, 1.165) is 43.0 Å². The van der Waals surface area contributed by atoms with Crippen molar-refractivity contribution >= 4 is 23.4 Å². The maximum absolute atomic E-state index is 12.3. The number of nitrogens with one attached hydrogen (secondary N) is 1. The molecule has 0 atom stereocenters. The number of anilines is 1. The fourth-order valence-electron chi connectivity index (χ4n) is 3.15. The van der Waals surface area contributed by atoms with Crippen LogP contribution in [0, 0.1) is 16.0 Å². The van der Waals surface area contributed by atoms with Crippen molar-refractivity contribution in [1.29, 1.82) is 0 Å². The standard InChI is InChI=1S/C18H17N3O5/c22-17(15-5-6-16(26-15)21(24)25)19-14-4-3-11-7-8-20(10-13(11)9-14)18(23)12-1-2-12/h3-6,9,12H,1-2,7-8,10H2,(H,19,22). The first kappa shape index (κ1) is 16.3. The smallest absolute Gasteiger partial charge is 0.395 e. The predicted molar refractivity (Wildman–Crippen MR) is 91.6 cm³/mol. The third-order valence-corrected chi connectivity index (χ3v) is 4.71. The summed E-state index contributed by atoms with van der Waals surface area (Å²) in [6.07, 6.45) is 2.76. The van der Waals surface area contributed by atoms with Crippen molar-refractivity contribution in [2.24, 2.45) is 5.92 Å².